The molecule has 1 aromatic carbocycles. The molecule has 196 valence electrons. The summed E-state index contributed by atoms with van der Waals surface area (Å²) in [5.74, 6) is 0.796. The molecule has 0 aliphatic rings. The molecule has 0 saturated heterocycles. The van der Waals surface area contributed by atoms with E-state index in [1.807, 2.05) is 29.8 Å². The number of primary amides is 1. The maximum Gasteiger partial charge on any atom is 0.303 e. The highest BCUT2D eigenvalue weighted by Gasteiger charge is 2.12. The molecule has 0 spiro atoms. The first-order chi connectivity index (χ1) is 17.2. The zero-order valence-corrected chi connectivity index (χ0v) is 22.0. The van der Waals surface area contributed by atoms with Gasteiger partial charge in [0, 0.05) is 64.5 Å². The maximum atomic E-state index is 10.8. The van der Waals surface area contributed by atoms with Crippen molar-refractivity contribution < 1.29 is 14.7 Å². The lowest BCUT2D eigenvalue weighted by Gasteiger charge is -2.22. The van der Waals surface area contributed by atoms with Crippen molar-refractivity contribution in [2.45, 2.75) is 19.3 Å². The maximum absolute atomic E-state index is 10.8. The van der Waals surface area contributed by atoms with Crippen LogP contribution in [-0.4, -0.2) is 80.5 Å². The highest BCUT2D eigenvalue weighted by atomic mass is 35.5. The van der Waals surface area contributed by atoms with Gasteiger partial charge in [-0.05, 0) is 24.6 Å². The molecule has 4 N–H and O–H groups in total. The fourth-order valence-electron chi connectivity index (χ4n) is 3.31. The van der Waals surface area contributed by atoms with E-state index in [0.29, 0.717) is 24.6 Å². The second-order valence-corrected chi connectivity index (χ2v) is 8.63. The largest absolute Gasteiger partial charge is 0.481 e. The number of imidazole rings is 2. The van der Waals surface area contributed by atoms with Gasteiger partial charge in [0.1, 0.15) is 5.82 Å². The summed E-state index contributed by atoms with van der Waals surface area (Å²) in [7, 11) is 5.38. The van der Waals surface area contributed by atoms with Crippen molar-refractivity contribution in [3.8, 4) is 0 Å². The molecular weight excluding hydrogens is 509 g/mol. The van der Waals surface area contributed by atoms with Crippen LogP contribution < -0.4 is 10.6 Å². The van der Waals surface area contributed by atoms with Crippen molar-refractivity contribution in [2.24, 2.45) is 23.1 Å². The first kappa shape index (κ1) is 28.9. The number of halogens is 2. The minimum absolute atomic E-state index is 0.158. The molecule has 0 saturated carbocycles. The lowest BCUT2D eigenvalue weighted by molar-refractivity contribution is -0.137. The van der Waals surface area contributed by atoms with Crippen LogP contribution in [0.15, 0.2) is 34.9 Å². The van der Waals surface area contributed by atoms with Crippen LogP contribution in [0.2, 0.25) is 0 Å². The zero-order chi connectivity index (χ0) is 26.7. The van der Waals surface area contributed by atoms with E-state index >= 15 is 0 Å². The smallest absolute Gasteiger partial charge is 0.303 e. The number of carboxylic acids is 1. The summed E-state index contributed by atoms with van der Waals surface area (Å²) in [6.45, 7) is 1.47. The van der Waals surface area contributed by atoms with Crippen LogP contribution in [0, 0.1) is 0 Å². The number of nitrogens with two attached hydrogens (primary N) is 1. The van der Waals surface area contributed by atoms with Crippen molar-refractivity contribution in [1.82, 2.24) is 24.5 Å². The SMILES string of the molecule is CN(C)N=Nc1nc[nH]c1C(N)=O.Cn1c(CCCC(=O)O)nc2cc(N(CCCl)CCCl)ccc21. The number of rotatable bonds is 12. The number of aromatic amines is 1. The molecule has 0 atom stereocenters. The van der Waals surface area contributed by atoms with Gasteiger partial charge in [-0.1, -0.05) is 5.22 Å². The molecule has 0 bridgehead atoms. The van der Waals surface area contributed by atoms with Crippen LogP contribution in [-0.2, 0) is 18.3 Å². The van der Waals surface area contributed by atoms with Crippen molar-refractivity contribution >= 4 is 57.6 Å². The number of carbonyl (C=O) groups excluding carboxylic acids is 1. The number of anilines is 1. The molecule has 0 aliphatic carbocycles. The third-order valence-corrected chi connectivity index (χ3v) is 5.34. The first-order valence-electron chi connectivity index (χ1n) is 11.1. The number of aliphatic carboxylic acids is 1. The quantitative estimate of drug-likeness (QED) is 0.181. The number of H-pyrrole nitrogens is 1. The highest BCUT2D eigenvalue weighted by Crippen LogP contribution is 2.23. The van der Waals surface area contributed by atoms with Crippen molar-refractivity contribution in [1.29, 1.82) is 0 Å². The van der Waals surface area contributed by atoms with E-state index in [2.05, 4.69) is 30.2 Å². The Morgan fingerprint density at radius 3 is 2.50 bits per heavy atom. The Morgan fingerprint density at radius 2 is 1.92 bits per heavy atom. The number of hydrogen-bond acceptors (Lipinski definition) is 7. The minimum Gasteiger partial charge on any atom is -0.481 e. The van der Waals surface area contributed by atoms with Crippen LogP contribution in [0.4, 0.5) is 11.5 Å². The third kappa shape index (κ3) is 8.38. The van der Waals surface area contributed by atoms with Gasteiger partial charge in [0.05, 0.1) is 17.4 Å². The molecule has 14 heteroatoms. The van der Waals surface area contributed by atoms with Gasteiger partial charge >= 0.3 is 5.97 Å². The van der Waals surface area contributed by atoms with E-state index in [1.165, 1.54) is 11.3 Å². The Bertz CT molecular complexity index is 1170. The van der Waals surface area contributed by atoms with Crippen molar-refractivity contribution in [3.63, 3.8) is 0 Å². The minimum atomic E-state index is -0.774. The molecule has 1 amide bonds. The summed E-state index contributed by atoms with van der Waals surface area (Å²) in [5.41, 5.74) is 8.19. The Balaban J connectivity index is 0.000000297. The van der Waals surface area contributed by atoms with Gasteiger partial charge in [-0.15, -0.1) is 28.3 Å². The normalized spacial score (nSPS) is 10.9. The summed E-state index contributed by atoms with van der Waals surface area (Å²) in [6.07, 6.45) is 2.74. The summed E-state index contributed by atoms with van der Waals surface area (Å²) in [6, 6.07) is 6.12. The van der Waals surface area contributed by atoms with Gasteiger partial charge in [-0.25, -0.2) is 9.97 Å². The van der Waals surface area contributed by atoms with E-state index in [4.69, 9.17) is 34.0 Å². The van der Waals surface area contributed by atoms with Crippen LogP contribution >= 0.6 is 23.2 Å². The Kier molecular flexibility index (Phi) is 11.4. The summed E-state index contributed by atoms with van der Waals surface area (Å²) >= 11 is 11.7. The number of alkyl halides is 2. The van der Waals surface area contributed by atoms with Crippen LogP contribution in [0.3, 0.4) is 0 Å². The number of benzene rings is 1. The molecule has 2 aromatic heterocycles. The highest BCUT2D eigenvalue weighted by molar-refractivity contribution is 6.18. The molecule has 0 unspecified atom stereocenters. The number of fused-ring (bicyclic) bond motifs is 1. The lowest BCUT2D eigenvalue weighted by atomic mass is 10.2. The first-order valence-corrected chi connectivity index (χ1v) is 12.2. The fourth-order valence-corrected chi connectivity index (χ4v) is 3.71. The molecule has 0 radical (unpaired) electrons. The van der Waals surface area contributed by atoms with Crippen LogP contribution in [0.25, 0.3) is 11.0 Å². The Morgan fingerprint density at radius 1 is 1.22 bits per heavy atom. The van der Waals surface area contributed by atoms with Gasteiger partial charge in [-0.3, -0.25) is 14.6 Å². The monoisotopic (exact) mass is 539 g/mol. The van der Waals surface area contributed by atoms with Gasteiger partial charge in [0.25, 0.3) is 5.91 Å². The van der Waals surface area contributed by atoms with Crippen molar-refractivity contribution in [2.75, 3.05) is 43.8 Å². The van der Waals surface area contributed by atoms with E-state index in [9.17, 15) is 9.59 Å². The second kappa shape index (κ2) is 14.2. The Labute approximate surface area is 219 Å². The number of carbonyl (C=O) groups is 2. The van der Waals surface area contributed by atoms with Gasteiger partial charge in [0.2, 0.25) is 5.82 Å². The second-order valence-electron chi connectivity index (χ2n) is 7.87. The number of hydrogen-bond donors (Lipinski definition) is 3. The Hall–Kier alpha value is -3.38. The number of nitrogens with zero attached hydrogens (tertiary/aromatic N) is 7. The topological polar surface area (TPSA) is 158 Å². The average Bonchev–Trinajstić information content (AvgIpc) is 3.42. The van der Waals surface area contributed by atoms with E-state index < -0.39 is 11.9 Å². The van der Waals surface area contributed by atoms with Gasteiger partial charge < -0.3 is 25.3 Å². The molecule has 12 nitrogen and oxygen atoms in total. The van der Waals surface area contributed by atoms with Crippen molar-refractivity contribution in [3.05, 3.63) is 36.0 Å². The molecule has 2 heterocycles. The van der Waals surface area contributed by atoms with E-state index in [0.717, 1.165) is 35.6 Å². The van der Waals surface area contributed by atoms with E-state index in [1.54, 1.807) is 14.1 Å². The van der Waals surface area contributed by atoms with E-state index in [-0.39, 0.29) is 17.9 Å². The predicted octanol–water partition coefficient (Wildman–Crippen LogP) is 3.33. The fraction of sp³-hybridized carbons (Fsp3) is 0.455. The number of nitrogens with one attached hydrogen (secondary N) is 1. The molecule has 3 aromatic rings. The number of aromatic nitrogens is 4. The average molecular weight is 540 g/mol. The molecule has 0 fully saturated rings. The standard InChI is InChI=1S/C16H21Cl2N3O2.C6H10N6O/c1-20-14-6-5-12(21(9-7-17)10-8-18)11-13(14)19-15(20)3-2-4-16(22)23;1-12(2)11-10-6-4(5(7)13)8-3-9-6/h5-6,11H,2-4,7-10H2,1H3,(H,22,23);3H,1-2H3,(H2,7,13)(H,8,9). The number of carboxylic acid groups (broad SMARTS) is 1. The molecule has 36 heavy (non-hydrogen) atoms. The molecule has 3 rings (SSSR count). The summed E-state index contributed by atoms with van der Waals surface area (Å²) < 4.78 is 2.02. The van der Waals surface area contributed by atoms with Gasteiger partial charge in [-0.2, -0.15) is 0 Å². The molecular formula is C22H31Cl2N9O3. The zero-order valence-electron chi connectivity index (χ0n) is 20.5. The predicted molar refractivity (Wildman–Crippen MR) is 140 cm³/mol. The number of amides is 1. The number of aryl methyl sites for hydroxylation is 2. The summed E-state index contributed by atoms with van der Waals surface area (Å²) in [4.78, 5) is 34.5. The third-order valence-electron chi connectivity index (χ3n) is 5.01. The summed E-state index contributed by atoms with van der Waals surface area (Å²) in [5, 5.41) is 17.6. The lowest BCUT2D eigenvalue weighted by Crippen LogP contribution is -2.27. The van der Waals surface area contributed by atoms with Gasteiger partial charge in [0.15, 0.2) is 5.69 Å². The van der Waals surface area contributed by atoms with Crippen LogP contribution in [0.5, 0.6) is 0 Å². The molecule has 0 aliphatic heterocycles. The van der Waals surface area contributed by atoms with Crippen LogP contribution in [0.1, 0.15) is 29.2 Å².